The van der Waals surface area contributed by atoms with Crippen LogP contribution in [0.3, 0.4) is 0 Å². The minimum Gasteiger partial charge on any atom is -0.454 e. The van der Waals surface area contributed by atoms with Gasteiger partial charge in [0, 0.05) is 0 Å². The molecular weight excluding hydrogens is 353 g/mol. The van der Waals surface area contributed by atoms with Crippen molar-refractivity contribution in [1.82, 2.24) is 4.49 Å². The van der Waals surface area contributed by atoms with Crippen molar-refractivity contribution < 1.29 is 22.5 Å². The Morgan fingerprint density at radius 1 is 0.917 bits per heavy atom. The van der Waals surface area contributed by atoms with Gasteiger partial charge in [-0.05, 0) is 24.3 Å². The van der Waals surface area contributed by atoms with Crippen molar-refractivity contribution in [3.05, 3.63) is 60.7 Å². The molecule has 0 aromatic heterocycles. The maximum Gasteiger partial charge on any atom is 0.287 e. The SMILES string of the molecule is NP(N)(=O)NS(=O)(=O)CC(Oc1ccccc1)Oc1ccccc1. The number of rotatable bonds is 8. The Morgan fingerprint density at radius 3 is 1.71 bits per heavy atom. The van der Waals surface area contributed by atoms with Gasteiger partial charge in [0.25, 0.3) is 13.9 Å². The van der Waals surface area contributed by atoms with E-state index in [1.807, 2.05) is 0 Å². The van der Waals surface area contributed by atoms with Gasteiger partial charge in [-0.15, -0.1) is 4.49 Å². The third-order valence-corrected chi connectivity index (χ3v) is 5.62. The number of hydrogen-bond donors (Lipinski definition) is 3. The van der Waals surface area contributed by atoms with E-state index in [9.17, 15) is 13.0 Å². The molecule has 2 rings (SSSR count). The van der Waals surface area contributed by atoms with Crippen LogP contribution in [0.5, 0.6) is 11.5 Å². The maximum atomic E-state index is 12.0. The first-order chi connectivity index (χ1) is 11.2. The lowest BCUT2D eigenvalue weighted by molar-refractivity contribution is 0.0250. The van der Waals surface area contributed by atoms with E-state index >= 15 is 0 Å². The van der Waals surface area contributed by atoms with E-state index in [2.05, 4.69) is 0 Å². The predicted molar refractivity (Wildman–Crippen MR) is 90.8 cm³/mol. The van der Waals surface area contributed by atoms with E-state index in [4.69, 9.17) is 20.5 Å². The van der Waals surface area contributed by atoms with Crippen LogP contribution in [0.4, 0.5) is 0 Å². The summed E-state index contributed by atoms with van der Waals surface area (Å²) in [6.45, 7) is 0. The van der Waals surface area contributed by atoms with Crippen LogP contribution in [0.2, 0.25) is 0 Å². The van der Waals surface area contributed by atoms with Crippen molar-refractivity contribution in [3.63, 3.8) is 0 Å². The molecule has 0 saturated heterocycles. The van der Waals surface area contributed by atoms with E-state index < -0.39 is 29.7 Å². The fraction of sp³-hybridized carbons (Fsp3) is 0.143. The highest BCUT2D eigenvalue weighted by Crippen LogP contribution is 2.21. The molecule has 0 heterocycles. The summed E-state index contributed by atoms with van der Waals surface area (Å²) in [5.74, 6) is 0.185. The number of benzene rings is 2. The summed E-state index contributed by atoms with van der Waals surface area (Å²) in [5.41, 5.74) is 10.1. The fourth-order valence-electron chi connectivity index (χ4n) is 1.83. The van der Waals surface area contributed by atoms with Crippen LogP contribution < -0.4 is 25.0 Å². The van der Waals surface area contributed by atoms with Gasteiger partial charge in [0.15, 0.2) is 0 Å². The van der Waals surface area contributed by atoms with Crippen LogP contribution in [0.25, 0.3) is 0 Å². The molecule has 5 N–H and O–H groups in total. The summed E-state index contributed by atoms with van der Waals surface area (Å²) >= 11 is 0. The van der Waals surface area contributed by atoms with Crippen LogP contribution in [0.1, 0.15) is 0 Å². The topological polar surface area (TPSA) is 134 Å². The quantitative estimate of drug-likeness (QED) is 0.472. The summed E-state index contributed by atoms with van der Waals surface area (Å²) in [7, 11) is -8.05. The zero-order chi connectivity index (χ0) is 17.6. The Bertz CT molecular complexity index is 754. The molecule has 24 heavy (non-hydrogen) atoms. The Labute approximate surface area is 140 Å². The summed E-state index contributed by atoms with van der Waals surface area (Å²) in [6.07, 6.45) is -1.20. The summed E-state index contributed by atoms with van der Waals surface area (Å²) in [5, 5.41) is 0. The highest BCUT2D eigenvalue weighted by atomic mass is 32.2. The number of ether oxygens (including phenoxy) is 2. The molecule has 0 spiro atoms. The normalized spacial score (nSPS) is 12.1. The lowest BCUT2D eigenvalue weighted by atomic mass is 10.3. The first-order valence-corrected chi connectivity index (χ1v) is 10.4. The zero-order valence-corrected chi connectivity index (χ0v) is 14.3. The zero-order valence-electron chi connectivity index (χ0n) is 12.6. The second-order valence-electron chi connectivity index (χ2n) is 4.87. The largest absolute Gasteiger partial charge is 0.454 e. The predicted octanol–water partition coefficient (Wildman–Crippen LogP) is 1.42. The molecule has 0 aliphatic heterocycles. The van der Waals surface area contributed by atoms with Gasteiger partial charge in [-0.25, -0.2) is 8.42 Å². The van der Waals surface area contributed by atoms with Crippen LogP contribution in [0.15, 0.2) is 60.7 Å². The molecule has 0 atom stereocenters. The van der Waals surface area contributed by atoms with Gasteiger partial charge in [-0.1, -0.05) is 36.4 Å². The minimum atomic E-state index is -4.09. The van der Waals surface area contributed by atoms with Crippen molar-refractivity contribution in [2.45, 2.75) is 6.29 Å². The van der Waals surface area contributed by atoms with Crippen LogP contribution in [-0.4, -0.2) is 20.5 Å². The molecule has 2 aromatic carbocycles. The number of nitrogens with two attached hydrogens (primary N) is 2. The lowest BCUT2D eigenvalue weighted by Crippen LogP contribution is -2.39. The molecule has 0 aliphatic carbocycles. The van der Waals surface area contributed by atoms with Crippen molar-refractivity contribution >= 4 is 17.6 Å². The summed E-state index contributed by atoms with van der Waals surface area (Å²) in [6, 6.07) is 17.1. The molecule has 0 aliphatic rings. The molecule has 0 amide bonds. The summed E-state index contributed by atoms with van der Waals surface area (Å²) in [4.78, 5) is 0. The first-order valence-electron chi connectivity index (χ1n) is 6.86. The second-order valence-corrected chi connectivity index (χ2v) is 8.59. The smallest absolute Gasteiger partial charge is 0.287 e. The molecule has 130 valence electrons. The third-order valence-electron chi connectivity index (χ3n) is 2.66. The Hall–Kier alpha value is -1.90. The Morgan fingerprint density at radius 2 is 1.33 bits per heavy atom. The molecule has 0 saturated carbocycles. The minimum absolute atomic E-state index is 0.414. The van der Waals surface area contributed by atoms with Gasteiger partial charge in [-0.2, -0.15) is 0 Å². The van der Waals surface area contributed by atoms with Gasteiger partial charge in [0.05, 0.1) is 0 Å². The highest BCUT2D eigenvalue weighted by Gasteiger charge is 2.27. The molecule has 0 bridgehead atoms. The Balaban J connectivity index is 2.17. The summed E-state index contributed by atoms with van der Waals surface area (Å²) < 4.78 is 48.2. The van der Waals surface area contributed by atoms with E-state index in [1.165, 1.54) is 0 Å². The van der Waals surface area contributed by atoms with Crippen molar-refractivity contribution in [2.75, 3.05) is 5.75 Å². The van der Waals surface area contributed by atoms with E-state index in [1.54, 1.807) is 65.2 Å². The molecule has 0 fully saturated rings. The van der Waals surface area contributed by atoms with E-state index in [-0.39, 0.29) is 0 Å². The molecule has 10 heteroatoms. The van der Waals surface area contributed by atoms with Crippen LogP contribution >= 0.6 is 7.59 Å². The lowest BCUT2D eigenvalue weighted by Gasteiger charge is -2.21. The van der Waals surface area contributed by atoms with Gasteiger partial charge in [0.1, 0.15) is 17.3 Å². The molecule has 8 nitrogen and oxygen atoms in total. The number of nitrogens with one attached hydrogen (secondary N) is 1. The van der Waals surface area contributed by atoms with Crippen LogP contribution in [0, 0.1) is 0 Å². The van der Waals surface area contributed by atoms with E-state index in [0.29, 0.717) is 11.5 Å². The molecular formula is C14H18N3O5PS. The number of para-hydroxylation sites is 2. The number of sulfonamides is 1. The third kappa shape index (κ3) is 6.69. The average molecular weight is 371 g/mol. The monoisotopic (exact) mass is 371 g/mol. The molecule has 0 unspecified atom stereocenters. The first kappa shape index (κ1) is 18.4. The van der Waals surface area contributed by atoms with Gasteiger partial charge < -0.3 is 9.47 Å². The Kier molecular flexibility index (Phi) is 5.98. The van der Waals surface area contributed by atoms with Crippen molar-refractivity contribution in [2.24, 2.45) is 11.0 Å². The van der Waals surface area contributed by atoms with Crippen molar-refractivity contribution in [3.8, 4) is 11.5 Å². The highest BCUT2D eigenvalue weighted by molar-refractivity contribution is 7.95. The number of hydrogen-bond acceptors (Lipinski definition) is 5. The standard InChI is InChI=1S/C14H18N3O5PS/c15-23(16,18)17-24(19,20)11-14(21-12-7-3-1-4-8-12)22-13-9-5-2-6-10-13/h1-10,14H,11H2,(H5,15,16,17,18). The van der Waals surface area contributed by atoms with Gasteiger partial charge in [-0.3, -0.25) is 15.6 Å². The van der Waals surface area contributed by atoms with Crippen LogP contribution in [-0.2, 0) is 14.6 Å². The van der Waals surface area contributed by atoms with Gasteiger partial charge >= 0.3 is 0 Å². The maximum absolute atomic E-state index is 12.0. The van der Waals surface area contributed by atoms with Gasteiger partial charge in [0.2, 0.25) is 10.0 Å². The van der Waals surface area contributed by atoms with Crippen molar-refractivity contribution in [1.29, 1.82) is 0 Å². The fourth-order valence-corrected chi connectivity index (χ4v) is 4.36. The molecule has 0 radical (unpaired) electrons. The molecule has 2 aromatic rings. The second kappa shape index (κ2) is 7.78. The average Bonchev–Trinajstić information content (AvgIpc) is 2.46. The van der Waals surface area contributed by atoms with E-state index in [0.717, 1.165) is 0 Å².